The SMILES string of the molecule is CN(Cc1ccccc1F)C(=O)CN1CCCCC1CNC(=O)OC(C)(C)C. The van der Waals surface area contributed by atoms with Gasteiger partial charge in [0.25, 0.3) is 0 Å². The summed E-state index contributed by atoms with van der Waals surface area (Å²) < 4.78 is 19.1. The van der Waals surface area contributed by atoms with Gasteiger partial charge in [0.1, 0.15) is 11.4 Å². The molecule has 1 atom stereocenters. The maximum absolute atomic E-state index is 13.8. The van der Waals surface area contributed by atoms with E-state index in [1.165, 1.54) is 6.07 Å². The van der Waals surface area contributed by atoms with Crippen molar-refractivity contribution in [3.8, 4) is 0 Å². The summed E-state index contributed by atoms with van der Waals surface area (Å²) in [6.45, 7) is 7.21. The van der Waals surface area contributed by atoms with Crippen LogP contribution in [-0.4, -0.2) is 60.1 Å². The Morgan fingerprint density at radius 3 is 2.68 bits per heavy atom. The molecule has 1 fully saturated rings. The van der Waals surface area contributed by atoms with Gasteiger partial charge in [-0.2, -0.15) is 0 Å². The molecule has 1 aromatic carbocycles. The molecule has 1 heterocycles. The largest absolute Gasteiger partial charge is 0.444 e. The fraction of sp³-hybridized carbons (Fsp3) is 0.619. The number of piperidine rings is 1. The molecule has 0 aromatic heterocycles. The molecule has 1 saturated heterocycles. The lowest BCUT2D eigenvalue weighted by Gasteiger charge is -2.36. The zero-order valence-electron chi connectivity index (χ0n) is 17.3. The van der Waals surface area contributed by atoms with Gasteiger partial charge in [0.05, 0.1) is 6.54 Å². The van der Waals surface area contributed by atoms with E-state index in [0.29, 0.717) is 12.1 Å². The second-order valence-corrected chi connectivity index (χ2v) is 8.34. The van der Waals surface area contributed by atoms with E-state index >= 15 is 0 Å². The van der Waals surface area contributed by atoms with Crippen LogP contribution in [0.5, 0.6) is 0 Å². The number of hydrogen-bond donors (Lipinski definition) is 1. The van der Waals surface area contributed by atoms with Gasteiger partial charge >= 0.3 is 6.09 Å². The van der Waals surface area contributed by atoms with Crippen LogP contribution in [0.2, 0.25) is 0 Å². The molecular formula is C21H32FN3O3. The van der Waals surface area contributed by atoms with Gasteiger partial charge in [0.2, 0.25) is 5.91 Å². The van der Waals surface area contributed by atoms with Crippen LogP contribution in [0.3, 0.4) is 0 Å². The number of likely N-dealkylation sites (N-methyl/N-ethyl adjacent to an activating group) is 1. The lowest BCUT2D eigenvalue weighted by atomic mass is 10.0. The molecule has 156 valence electrons. The van der Waals surface area contributed by atoms with Gasteiger partial charge in [0, 0.05) is 31.7 Å². The number of likely N-dealkylation sites (tertiary alicyclic amines) is 1. The number of carbonyl (C=O) groups excluding carboxylic acids is 2. The first-order valence-corrected chi connectivity index (χ1v) is 9.84. The number of rotatable bonds is 6. The maximum Gasteiger partial charge on any atom is 0.407 e. The summed E-state index contributed by atoms with van der Waals surface area (Å²) in [6, 6.07) is 6.58. The Bertz CT molecular complexity index is 675. The summed E-state index contributed by atoms with van der Waals surface area (Å²) in [4.78, 5) is 28.2. The number of carbonyl (C=O) groups is 2. The van der Waals surface area contributed by atoms with Crippen molar-refractivity contribution in [1.82, 2.24) is 15.1 Å². The van der Waals surface area contributed by atoms with Gasteiger partial charge in [-0.3, -0.25) is 9.69 Å². The van der Waals surface area contributed by atoms with Crippen molar-refractivity contribution >= 4 is 12.0 Å². The Labute approximate surface area is 167 Å². The molecule has 0 bridgehead atoms. The van der Waals surface area contributed by atoms with Gasteiger partial charge in [-0.25, -0.2) is 9.18 Å². The monoisotopic (exact) mass is 393 g/mol. The summed E-state index contributed by atoms with van der Waals surface area (Å²) in [5, 5.41) is 2.81. The van der Waals surface area contributed by atoms with Crippen molar-refractivity contribution in [2.24, 2.45) is 0 Å². The van der Waals surface area contributed by atoms with E-state index in [2.05, 4.69) is 10.2 Å². The van der Waals surface area contributed by atoms with E-state index in [1.807, 2.05) is 20.8 Å². The van der Waals surface area contributed by atoms with Crippen molar-refractivity contribution in [3.63, 3.8) is 0 Å². The lowest BCUT2D eigenvalue weighted by molar-refractivity contribution is -0.132. The lowest BCUT2D eigenvalue weighted by Crippen LogP contribution is -2.50. The minimum absolute atomic E-state index is 0.0626. The third kappa shape index (κ3) is 7.11. The first-order valence-electron chi connectivity index (χ1n) is 9.84. The highest BCUT2D eigenvalue weighted by atomic mass is 19.1. The van der Waals surface area contributed by atoms with Crippen LogP contribution >= 0.6 is 0 Å². The Morgan fingerprint density at radius 1 is 1.29 bits per heavy atom. The van der Waals surface area contributed by atoms with Crippen molar-refractivity contribution in [2.45, 2.75) is 58.2 Å². The molecule has 1 aliphatic rings. The topological polar surface area (TPSA) is 61.9 Å². The van der Waals surface area contributed by atoms with E-state index in [1.54, 1.807) is 30.1 Å². The van der Waals surface area contributed by atoms with Crippen LogP contribution in [-0.2, 0) is 16.1 Å². The maximum atomic E-state index is 13.8. The molecule has 0 saturated carbocycles. The highest BCUT2D eigenvalue weighted by Gasteiger charge is 2.26. The number of halogens is 1. The second kappa shape index (κ2) is 9.87. The Balaban J connectivity index is 1.88. The van der Waals surface area contributed by atoms with Crippen LogP contribution in [0.15, 0.2) is 24.3 Å². The zero-order valence-corrected chi connectivity index (χ0v) is 17.3. The normalized spacial score (nSPS) is 17.8. The summed E-state index contributed by atoms with van der Waals surface area (Å²) >= 11 is 0. The van der Waals surface area contributed by atoms with E-state index in [4.69, 9.17) is 4.74 Å². The van der Waals surface area contributed by atoms with E-state index in [0.717, 1.165) is 25.8 Å². The minimum atomic E-state index is -0.540. The molecule has 2 amide bonds. The molecule has 1 unspecified atom stereocenters. The van der Waals surface area contributed by atoms with Gasteiger partial charge in [0.15, 0.2) is 0 Å². The fourth-order valence-corrected chi connectivity index (χ4v) is 3.28. The molecule has 0 spiro atoms. The number of nitrogens with one attached hydrogen (secondary N) is 1. The minimum Gasteiger partial charge on any atom is -0.444 e. The smallest absolute Gasteiger partial charge is 0.407 e. The van der Waals surface area contributed by atoms with Crippen LogP contribution in [0.4, 0.5) is 9.18 Å². The molecule has 0 radical (unpaired) electrons. The first kappa shape index (κ1) is 22.1. The predicted molar refractivity (Wildman–Crippen MR) is 106 cm³/mol. The third-order valence-corrected chi connectivity index (χ3v) is 4.76. The predicted octanol–water partition coefficient (Wildman–Crippen LogP) is 3.16. The van der Waals surface area contributed by atoms with E-state index in [-0.39, 0.29) is 30.9 Å². The van der Waals surface area contributed by atoms with E-state index in [9.17, 15) is 14.0 Å². The highest BCUT2D eigenvalue weighted by molar-refractivity contribution is 5.78. The first-order chi connectivity index (χ1) is 13.2. The van der Waals surface area contributed by atoms with Crippen molar-refractivity contribution in [2.75, 3.05) is 26.7 Å². The highest BCUT2D eigenvalue weighted by Crippen LogP contribution is 2.17. The number of benzene rings is 1. The van der Waals surface area contributed by atoms with Crippen LogP contribution in [0.1, 0.15) is 45.6 Å². The molecular weight excluding hydrogens is 361 g/mol. The molecule has 1 aromatic rings. The van der Waals surface area contributed by atoms with Crippen molar-refractivity contribution < 1.29 is 18.7 Å². The molecule has 2 rings (SSSR count). The molecule has 1 N–H and O–H groups in total. The molecule has 7 heteroatoms. The Hall–Kier alpha value is -2.15. The summed E-state index contributed by atoms with van der Waals surface area (Å²) in [7, 11) is 1.69. The van der Waals surface area contributed by atoms with Crippen LogP contribution < -0.4 is 5.32 Å². The summed E-state index contributed by atoms with van der Waals surface area (Å²) in [5.74, 6) is -0.369. The van der Waals surface area contributed by atoms with Crippen LogP contribution in [0, 0.1) is 5.82 Å². The molecule has 6 nitrogen and oxygen atoms in total. The van der Waals surface area contributed by atoms with Gasteiger partial charge in [-0.1, -0.05) is 24.6 Å². The van der Waals surface area contributed by atoms with E-state index < -0.39 is 11.7 Å². The van der Waals surface area contributed by atoms with Crippen molar-refractivity contribution in [1.29, 1.82) is 0 Å². The Morgan fingerprint density at radius 2 is 2.00 bits per heavy atom. The summed E-state index contributed by atoms with van der Waals surface area (Å²) in [6.07, 6.45) is 2.56. The summed E-state index contributed by atoms with van der Waals surface area (Å²) in [5.41, 5.74) is -0.0398. The molecule has 1 aliphatic heterocycles. The molecule has 28 heavy (non-hydrogen) atoms. The van der Waals surface area contributed by atoms with Gasteiger partial charge in [-0.05, 0) is 46.2 Å². The third-order valence-electron chi connectivity index (χ3n) is 4.76. The van der Waals surface area contributed by atoms with Gasteiger partial charge < -0.3 is 15.0 Å². The van der Waals surface area contributed by atoms with Crippen LogP contribution in [0.25, 0.3) is 0 Å². The number of nitrogens with zero attached hydrogens (tertiary/aromatic N) is 2. The zero-order chi connectivity index (χ0) is 20.7. The Kier molecular flexibility index (Phi) is 7.80. The van der Waals surface area contributed by atoms with Gasteiger partial charge in [-0.15, -0.1) is 0 Å². The standard InChI is InChI=1S/C21H32FN3O3/c1-21(2,3)28-20(27)23-13-17-10-7-8-12-25(17)15-19(26)24(4)14-16-9-5-6-11-18(16)22/h5-6,9,11,17H,7-8,10,12-15H2,1-4H3,(H,23,27). The average molecular weight is 394 g/mol. The average Bonchev–Trinajstić information content (AvgIpc) is 2.61. The quantitative estimate of drug-likeness (QED) is 0.806. The van der Waals surface area contributed by atoms with Crippen molar-refractivity contribution in [3.05, 3.63) is 35.6 Å². The number of ether oxygens (including phenoxy) is 1. The molecule has 0 aliphatic carbocycles. The number of alkyl carbamates (subject to hydrolysis) is 1. The number of hydrogen-bond acceptors (Lipinski definition) is 4. The number of amides is 2. The second-order valence-electron chi connectivity index (χ2n) is 8.34. The fourth-order valence-electron chi connectivity index (χ4n) is 3.28.